The minimum absolute atomic E-state index is 0.0505. The lowest BCUT2D eigenvalue weighted by Crippen LogP contribution is -2.50. The molecular weight excluding hydrogens is 368 g/mol. The highest BCUT2D eigenvalue weighted by molar-refractivity contribution is 7.89. The number of amides is 1. The predicted octanol–water partition coefficient (Wildman–Crippen LogP) is 1.92. The van der Waals surface area contributed by atoms with Crippen molar-refractivity contribution in [1.82, 2.24) is 19.8 Å². The molecule has 0 radical (unpaired) electrons. The zero-order chi connectivity index (χ0) is 19.0. The lowest BCUT2D eigenvalue weighted by molar-refractivity contribution is 0.0905. The Morgan fingerprint density at radius 1 is 1.30 bits per heavy atom. The van der Waals surface area contributed by atoms with Gasteiger partial charge in [0.15, 0.2) is 10.7 Å². The summed E-state index contributed by atoms with van der Waals surface area (Å²) >= 11 is 0. The normalized spacial score (nSPS) is 23.9. The number of rotatable bonds is 5. The predicted molar refractivity (Wildman–Crippen MR) is 96.6 cm³/mol. The first-order valence-corrected chi connectivity index (χ1v) is 10.6. The third kappa shape index (κ3) is 3.74. The van der Waals surface area contributed by atoms with Gasteiger partial charge >= 0.3 is 0 Å². The molecule has 8 nitrogen and oxygen atoms in total. The molecule has 9 heteroatoms. The summed E-state index contributed by atoms with van der Waals surface area (Å²) in [5.41, 5.74) is 0.285. The summed E-state index contributed by atoms with van der Waals surface area (Å²) in [6.07, 6.45) is 4.70. The van der Waals surface area contributed by atoms with Gasteiger partial charge in [0.1, 0.15) is 5.76 Å². The molecule has 27 heavy (non-hydrogen) atoms. The molecule has 144 valence electrons. The molecule has 1 amide bonds. The van der Waals surface area contributed by atoms with E-state index < -0.39 is 10.0 Å². The van der Waals surface area contributed by atoms with Crippen LogP contribution in [0.5, 0.6) is 0 Å². The van der Waals surface area contributed by atoms with Crippen molar-refractivity contribution in [3.05, 3.63) is 41.9 Å². The topological polar surface area (TPSA) is 105 Å². The molecule has 2 aliphatic rings. The Morgan fingerprint density at radius 3 is 2.78 bits per heavy atom. The van der Waals surface area contributed by atoms with Crippen molar-refractivity contribution in [3.8, 4) is 0 Å². The number of piperidine rings is 1. The number of nitrogens with zero attached hydrogens (tertiary/aromatic N) is 3. The number of hydrogen-bond donors (Lipinski definition) is 1. The zero-order valence-electron chi connectivity index (χ0n) is 15.0. The summed E-state index contributed by atoms with van der Waals surface area (Å²) in [4.78, 5) is 16.4. The fraction of sp³-hybridized carbons (Fsp3) is 0.500. The Labute approximate surface area is 158 Å². The molecule has 0 bridgehead atoms. The molecule has 0 unspecified atom stereocenters. The second-order valence-electron chi connectivity index (χ2n) is 7.22. The Bertz CT molecular complexity index is 924. The summed E-state index contributed by atoms with van der Waals surface area (Å²) in [7, 11) is -3.63. The van der Waals surface area contributed by atoms with Crippen molar-refractivity contribution in [1.29, 1.82) is 0 Å². The van der Waals surface area contributed by atoms with E-state index in [2.05, 4.69) is 15.5 Å². The molecule has 1 N–H and O–H groups in total. The van der Waals surface area contributed by atoms with Crippen molar-refractivity contribution in [2.75, 3.05) is 6.54 Å². The first-order valence-electron chi connectivity index (χ1n) is 9.15. The van der Waals surface area contributed by atoms with Crippen LogP contribution in [0.1, 0.15) is 54.8 Å². The minimum atomic E-state index is -3.63. The van der Waals surface area contributed by atoms with Crippen LogP contribution in [-0.4, -0.2) is 47.4 Å². The van der Waals surface area contributed by atoms with E-state index in [1.54, 1.807) is 18.2 Å². The molecule has 3 heterocycles. The average Bonchev–Trinajstić information content (AvgIpc) is 3.39. The molecular formula is C18H22N4O4S. The SMILES string of the molecule is C[C@H]1C[C@H](NC(=O)c2cc(C3CC3)on2)CCN1S(=O)(=O)c1ccccn1. The maximum Gasteiger partial charge on any atom is 0.273 e. The molecule has 1 saturated heterocycles. The van der Waals surface area contributed by atoms with Crippen LogP contribution in [-0.2, 0) is 10.0 Å². The highest BCUT2D eigenvalue weighted by atomic mass is 32.2. The van der Waals surface area contributed by atoms with Gasteiger partial charge in [0.25, 0.3) is 15.9 Å². The van der Waals surface area contributed by atoms with E-state index in [-0.39, 0.29) is 28.7 Å². The van der Waals surface area contributed by atoms with Gasteiger partial charge in [-0.3, -0.25) is 4.79 Å². The van der Waals surface area contributed by atoms with E-state index in [1.165, 1.54) is 16.6 Å². The Kier molecular flexibility index (Phi) is 4.73. The molecule has 2 atom stereocenters. The summed E-state index contributed by atoms with van der Waals surface area (Å²) in [6, 6.07) is 6.20. The van der Waals surface area contributed by atoms with Gasteiger partial charge in [0.05, 0.1) is 0 Å². The number of nitrogens with one attached hydrogen (secondary N) is 1. The molecule has 0 spiro atoms. The van der Waals surface area contributed by atoms with E-state index in [1.807, 2.05) is 6.92 Å². The Morgan fingerprint density at radius 2 is 2.11 bits per heavy atom. The molecule has 1 aliphatic carbocycles. The van der Waals surface area contributed by atoms with E-state index in [0.29, 0.717) is 25.3 Å². The van der Waals surface area contributed by atoms with Gasteiger partial charge in [-0.05, 0) is 44.7 Å². The van der Waals surface area contributed by atoms with Crippen LogP contribution in [0, 0.1) is 0 Å². The molecule has 0 aromatic carbocycles. The first kappa shape index (κ1) is 18.1. The highest BCUT2D eigenvalue weighted by Crippen LogP contribution is 2.40. The van der Waals surface area contributed by atoms with Crippen molar-refractivity contribution >= 4 is 15.9 Å². The molecule has 2 aromatic heterocycles. The number of pyridine rings is 1. The van der Waals surface area contributed by atoms with Crippen LogP contribution in [0.2, 0.25) is 0 Å². The standard InChI is InChI=1S/C18H22N4O4S/c1-12-10-14(20-18(23)15-11-16(26-21-15)13-5-6-13)7-9-22(12)27(24,25)17-4-2-3-8-19-17/h2-4,8,11-14H,5-7,9-10H2,1H3,(H,20,23)/t12-,14+/m0/s1. The fourth-order valence-electron chi connectivity index (χ4n) is 3.47. The van der Waals surface area contributed by atoms with Gasteiger partial charge in [0, 0.05) is 36.8 Å². The third-order valence-corrected chi connectivity index (χ3v) is 7.03. The summed E-state index contributed by atoms with van der Waals surface area (Å²) in [5.74, 6) is 0.896. The van der Waals surface area contributed by atoms with Crippen LogP contribution in [0.3, 0.4) is 0 Å². The van der Waals surface area contributed by atoms with E-state index in [4.69, 9.17) is 4.52 Å². The van der Waals surface area contributed by atoms with Gasteiger partial charge in [-0.2, -0.15) is 4.31 Å². The number of hydrogen-bond acceptors (Lipinski definition) is 6. The van der Waals surface area contributed by atoms with Gasteiger partial charge in [-0.25, -0.2) is 13.4 Å². The summed E-state index contributed by atoms with van der Waals surface area (Å²) in [5, 5.41) is 6.86. The van der Waals surface area contributed by atoms with Crippen LogP contribution >= 0.6 is 0 Å². The maximum absolute atomic E-state index is 12.8. The van der Waals surface area contributed by atoms with Crippen molar-refractivity contribution < 1.29 is 17.7 Å². The second kappa shape index (κ2) is 7.05. The fourth-order valence-corrected chi connectivity index (χ4v) is 5.07. The Hall–Kier alpha value is -2.26. The highest BCUT2D eigenvalue weighted by Gasteiger charge is 2.36. The zero-order valence-corrected chi connectivity index (χ0v) is 15.9. The van der Waals surface area contributed by atoms with Gasteiger partial charge in [0.2, 0.25) is 0 Å². The number of carbonyl (C=O) groups is 1. The van der Waals surface area contributed by atoms with Gasteiger partial charge in [-0.1, -0.05) is 11.2 Å². The van der Waals surface area contributed by atoms with Gasteiger partial charge in [-0.15, -0.1) is 0 Å². The third-order valence-electron chi connectivity index (χ3n) is 5.10. The second-order valence-corrected chi connectivity index (χ2v) is 9.05. The quantitative estimate of drug-likeness (QED) is 0.836. The number of aromatic nitrogens is 2. The van der Waals surface area contributed by atoms with Gasteiger partial charge < -0.3 is 9.84 Å². The van der Waals surface area contributed by atoms with Crippen LogP contribution in [0.15, 0.2) is 40.0 Å². The average molecular weight is 390 g/mol. The number of sulfonamides is 1. The van der Waals surface area contributed by atoms with Crippen LogP contribution in [0.4, 0.5) is 0 Å². The molecule has 1 aliphatic heterocycles. The van der Waals surface area contributed by atoms with Crippen LogP contribution < -0.4 is 5.32 Å². The minimum Gasteiger partial charge on any atom is -0.360 e. The lowest BCUT2D eigenvalue weighted by atomic mass is 10.0. The van der Waals surface area contributed by atoms with E-state index >= 15 is 0 Å². The largest absolute Gasteiger partial charge is 0.360 e. The van der Waals surface area contributed by atoms with E-state index in [9.17, 15) is 13.2 Å². The molecule has 1 saturated carbocycles. The van der Waals surface area contributed by atoms with Crippen molar-refractivity contribution in [2.45, 2.75) is 55.6 Å². The maximum atomic E-state index is 12.8. The molecule has 2 fully saturated rings. The van der Waals surface area contributed by atoms with Crippen molar-refractivity contribution in [3.63, 3.8) is 0 Å². The summed E-state index contributed by atoms with van der Waals surface area (Å²) < 4.78 is 32.2. The smallest absolute Gasteiger partial charge is 0.273 e. The first-order chi connectivity index (χ1) is 12.9. The van der Waals surface area contributed by atoms with E-state index in [0.717, 1.165) is 18.6 Å². The van der Waals surface area contributed by atoms with Crippen molar-refractivity contribution in [2.24, 2.45) is 0 Å². The lowest BCUT2D eigenvalue weighted by Gasteiger charge is -2.36. The number of carbonyl (C=O) groups excluding carboxylic acids is 1. The molecule has 2 aromatic rings. The summed E-state index contributed by atoms with van der Waals surface area (Å²) in [6.45, 7) is 2.18. The Balaban J connectivity index is 1.38. The van der Waals surface area contributed by atoms with Crippen LogP contribution in [0.25, 0.3) is 0 Å². The monoisotopic (exact) mass is 390 g/mol. The molecule has 4 rings (SSSR count).